The number of alkyl halides is 2. The number of nitrogens with two attached hydrogens (primary N) is 2. The van der Waals surface area contributed by atoms with Gasteiger partial charge in [0.25, 0.3) is 0 Å². The summed E-state index contributed by atoms with van der Waals surface area (Å²) in [7, 11) is 0. The van der Waals surface area contributed by atoms with Gasteiger partial charge in [0.05, 0.1) is 0 Å². The van der Waals surface area contributed by atoms with E-state index in [0.29, 0.717) is 13.0 Å². The van der Waals surface area contributed by atoms with Crippen LogP contribution in [0.3, 0.4) is 0 Å². The molecule has 0 saturated carbocycles. The van der Waals surface area contributed by atoms with E-state index >= 15 is 0 Å². The lowest BCUT2D eigenvalue weighted by Crippen LogP contribution is -2.33. The molecule has 0 heterocycles. The fourth-order valence-electron chi connectivity index (χ4n) is 0.631. The second kappa shape index (κ2) is 8.15. The zero-order valence-electron chi connectivity index (χ0n) is 6.91. The Kier molecular flexibility index (Phi) is 9.43. The molecule has 1 atom stereocenters. The summed E-state index contributed by atoms with van der Waals surface area (Å²) in [5.74, 6) is -1.08. The first-order valence-corrected chi connectivity index (χ1v) is 3.52. The van der Waals surface area contributed by atoms with E-state index < -0.39 is 18.6 Å². The van der Waals surface area contributed by atoms with Crippen molar-refractivity contribution in [2.24, 2.45) is 11.5 Å². The molecule has 7 heteroatoms. The highest BCUT2D eigenvalue weighted by atomic mass is 35.5. The Morgan fingerprint density at radius 2 is 2.00 bits per heavy atom. The van der Waals surface area contributed by atoms with Crippen molar-refractivity contribution in [2.45, 2.75) is 25.5 Å². The van der Waals surface area contributed by atoms with E-state index in [1.54, 1.807) is 0 Å². The van der Waals surface area contributed by atoms with Crippen LogP contribution in [0.25, 0.3) is 0 Å². The summed E-state index contributed by atoms with van der Waals surface area (Å²) in [6.07, 6.45) is 0.779. The topological polar surface area (TPSA) is 78.3 Å². The Bertz CT molecular complexity index is 149. The average Bonchev–Trinajstić information content (AvgIpc) is 1.98. The van der Waals surface area contributed by atoms with Gasteiger partial charge in [-0.1, -0.05) is 0 Å². The largest absolute Gasteiger partial charge is 0.402 e. The van der Waals surface area contributed by atoms with Gasteiger partial charge < -0.3 is 16.2 Å². The molecule has 0 unspecified atom stereocenters. The summed E-state index contributed by atoms with van der Waals surface area (Å²) in [5.41, 5.74) is 10.3. The van der Waals surface area contributed by atoms with Crippen LogP contribution in [0, 0.1) is 0 Å². The monoisotopic (exact) mass is 218 g/mol. The molecule has 4 N–H and O–H groups in total. The maximum atomic E-state index is 11.4. The second-order valence-electron chi connectivity index (χ2n) is 2.23. The number of ether oxygens (including phenoxy) is 1. The molecule has 0 spiro atoms. The Hall–Kier alpha value is -0.460. The molecule has 0 radical (unpaired) electrons. The summed E-state index contributed by atoms with van der Waals surface area (Å²) in [6.45, 7) is -2.73. The van der Waals surface area contributed by atoms with Crippen LogP contribution >= 0.6 is 12.4 Å². The smallest absolute Gasteiger partial charge is 0.389 e. The van der Waals surface area contributed by atoms with Crippen molar-refractivity contribution in [3.8, 4) is 0 Å². The fourth-order valence-corrected chi connectivity index (χ4v) is 0.631. The molecular weight excluding hydrogens is 206 g/mol. The first-order chi connectivity index (χ1) is 5.57. The van der Waals surface area contributed by atoms with Crippen LogP contribution in [-0.4, -0.2) is 25.2 Å². The molecule has 0 saturated heterocycles. The van der Waals surface area contributed by atoms with Crippen molar-refractivity contribution in [3.63, 3.8) is 0 Å². The van der Waals surface area contributed by atoms with Crippen LogP contribution in [0.4, 0.5) is 8.78 Å². The zero-order chi connectivity index (χ0) is 9.56. The number of carbonyl (C=O) groups is 1. The third-order valence-electron chi connectivity index (χ3n) is 1.23. The summed E-state index contributed by atoms with van der Waals surface area (Å²) >= 11 is 0. The summed E-state index contributed by atoms with van der Waals surface area (Å²) in [5, 5.41) is 0. The molecule has 80 valence electrons. The minimum absolute atomic E-state index is 0. The van der Waals surface area contributed by atoms with Gasteiger partial charge in [0, 0.05) is 0 Å². The summed E-state index contributed by atoms with van der Waals surface area (Å²) in [4.78, 5) is 10.6. The van der Waals surface area contributed by atoms with Crippen molar-refractivity contribution in [2.75, 3.05) is 6.54 Å². The third kappa shape index (κ3) is 7.89. The summed E-state index contributed by atoms with van der Waals surface area (Å²) < 4.78 is 26.5. The minimum atomic E-state index is -3.10. The van der Waals surface area contributed by atoms with Crippen molar-refractivity contribution < 1.29 is 18.3 Å². The lowest BCUT2D eigenvalue weighted by Gasteiger charge is -2.09. The molecule has 0 aliphatic carbocycles. The van der Waals surface area contributed by atoms with Gasteiger partial charge in [-0.15, -0.1) is 12.4 Å². The van der Waals surface area contributed by atoms with Gasteiger partial charge in [-0.25, -0.2) is 0 Å². The maximum Gasteiger partial charge on any atom is 0.389 e. The average molecular weight is 219 g/mol. The van der Waals surface area contributed by atoms with E-state index in [1.807, 2.05) is 0 Å². The Morgan fingerprint density at radius 1 is 1.46 bits per heavy atom. The number of hydrogen-bond donors (Lipinski definition) is 2. The van der Waals surface area contributed by atoms with Crippen LogP contribution in [-0.2, 0) is 9.53 Å². The van der Waals surface area contributed by atoms with Crippen molar-refractivity contribution in [1.82, 2.24) is 0 Å². The predicted octanol–water partition coefficient (Wildman–Crippen LogP) is 0.240. The zero-order valence-corrected chi connectivity index (χ0v) is 7.73. The number of carbonyl (C=O) groups excluding carboxylic acids is 1. The Morgan fingerprint density at radius 3 is 2.38 bits per heavy atom. The van der Waals surface area contributed by atoms with E-state index in [9.17, 15) is 13.6 Å². The number of rotatable bonds is 5. The molecule has 0 aromatic rings. The van der Waals surface area contributed by atoms with Gasteiger partial charge in [0.1, 0.15) is 6.04 Å². The van der Waals surface area contributed by atoms with E-state index in [0.717, 1.165) is 0 Å². The molecule has 4 nitrogen and oxygen atoms in total. The van der Waals surface area contributed by atoms with Gasteiger partial charge in [0.2, 0.25) is 0 Å². The van der Waals surface area contributed by atoms with Gasteiger partial charge in [0.15, 0.2) is 0 Å². The highest BCUT2D eigenvalue weighted by Gasteiger charge is 2.18. The van der Waals surface area contributed by atoms with Gasteiger partial charge in [-0.3, -0.25) is 4.79 Å². The molecule has 0 bridgehead atoms. The van der Waals surface area contributed by atoms with Crippen molar-refractivity contribution in [3.05, 3.63) is 0 Å². The standard InChI is InChI=1S/C6H12F2N2O2.ClH/c7-6(8)12-5(11)4(10)2-1-3-9;/h4,6H,1-3,9-10H2;1H/t4-;/m1./s1. The highest BCUT2D eigenvalue weighted by molar-refractivity contribution is 5.85. The molecule has 13 heavy (non-hydrogen) atoms. The molecule has 0 fully saturated rings. The maximum absolute atomic E-state index is 11.4. The fraction of sp³-hybridized carbons (Fsp3) is 0.833. The third-order valence-corrected chi connectivity index (χ3v) is 1.23. The lowest BCUT2D eigenvalue weighted by molar-refractivity contribution is -0.177. The summed E-state index contributed by atoms with van der Waals surface area (Å²) in [6, 6.07) is -0.998. The van der Waals surface area contributed by atoms with Crippen molar-refractivity contribution in [1.29, 1.82) is 0 Å². The lowest BCUT2D eigenvalue weighted by atomic mass is 10.2. The highest BCUT2D eigenvalue weighted by Crippen LogP contribution is 2.01. The number of esters is 1. The molecule has 0 aromatic carbocycles. The molecule has 0 amide bonds. The van der Waals surface area contributed by atoms with E-state index in [2.05, 4.69) is 4.74 Å². The number of halogens is 3. The second-order valence-corrected chi connectivity index (χ2v) is 2.23. The molecule has 0 rings (SSSR count). The van der Waals surface area contributed by atoms with Crippen LogP contribution in [0.15, 0.2) is 0 Å². The van der Waals surface area contributed by atoms with E-state index in [-0.39, 0.29) is 18.8 Å². The normalized spacial score (nSPS) is 12.1. The molecular formula is C6H13ClF2N2O2. The number of hydrogen-bond acceptors (Lipinski definition) is 4. The minimum Gasteiger partial charge on any atom is -0.402 e. The Balaban J connectivity index is 0. The van der Waals surface area contributed by atoms with Gasteiger partial charge in [-0.2, -0.15) is 8.78 Å². The van der Waals surface area contributed by atoms with E-state index in [4.69, 9.17) is 11.5 Å². The molecule has 0 aliphatic rings. The van der Waals surface area contributed by atoms with Crippen LogP contribution in [0.2, 0.25) is 0 Å². The van der Waals surface area contributed by atoms with Crippen molar-refractivity contribution >= 4 is 18.4 Å². The Labute approximate surface area is 81.0 Å². The van der Waals surface area contributed by atoms with Crippen LogP contribution in [0.5, 0.6) is 0 Å². The first-order valence-electron chi connectivity index (χ1n) is 3.52. The predicted molar refractivity (Wildman–Crippen MR) is 45.6 cm³/mol. The van der Waals surface area contributed by atoms with E-state index in [1.165, 1.54) is 0 Å². The first kappa shape index (κ1) is 15.0. The van der Waals surface area contributed by atoms with Gasteiger partial charge >= 0.3 is 12.6 Å². The quantitative estimate of drug-likeness (QED) is 0.648. The van der Waals surface area contributed by atoms with Crippen LogP contribution in [0.1, 0.15) is 12.8 Å². The molecule has 0 aromatic heterocycles. The van der Waals surface area contributed by atoms with Gasteiger partial charge in [-0.05, 0) is 19.4 Å². The SMILES string of the molecule is Cl.NCCC[C@@H](N)C(=O)OC(F)F. The molecule has 0 aliphatic heterocycles. The van der Waals surface area contributed by atoms with Crippen LogP contribution < -0.4 is 11.5 Å².